The van der Waals surface area contributed by atoms with E-state index in [-0.39, 0.29) is 19.1 Å². The lowest BCUT2D eigenvalue weighted by Gasteiger charge is -2.26. The van der Waals surface area contributed by atoms with Crippen molar-refractivity contribution in [1.29, 1.82) is 0 Å². The Hall–Kier alpha value is -1.02. The number of aliphatic hydroxyl groups is 1. The van der Waals surface area contributed by atoms with E-state index in [1.165, 1.54) is 64.2 Å². The monoisotopic (exact) mass is 660 g/mol. The number of amides is 1. The second-order valence-corrected chi connectivity index (χ2v) is 15.0. The molecular weight excluding hydrogens is 587 g/mol. The van der Waals surface area contributed by atoms with Gasteiger partial charge in [-0.15, -0.1) is 0 Å². The fourth-order valence-electron chi connectivity index (χ4n) is 4.91. The van der Waals surface area contributed by atoms with Crippen molar-refractivity contribution in [3.05, 3.63) is 24.3 Å². The second kappa shape index (κ2) is 29.1. The zero-order valence-electron chi connectivity index (χ0n) is 29.9. The van der Waals surface area contributed by atoms with Gasteiger partial charge in [0.05, 0.1) is 39.9 Å². The smallest absolute Gasteiger partial charge is 0.391 e. The number of hydrogen-bond donors (Lipinski definition) is 3. The van der Waals surface area contributed by atoms with Crippen molar-refractivity contribution in [3.63, 3.8) is 0 Å². The van der Waals surface area contributed by atoms with Gasteiger partial charge in [-0.05, 0) is 64.2 Å². The average molecular weight is 660 g/mol. The number of allylic oxidation sites excluding steroid dienone is 4. The summed E-state index contributed by atoms with van der Waals surface area (Å²) in [6, 6.07) is -0.775. The lowest BCUT2D eigenvalue weighted by molar-refractivity contribution is -0.870. The van der Waals surface area contributed by atoms with Gasteiger partial charge in [-0.2, -0.15) is 0 Å². The van der Waals surface area contributed by atoms with E-state index in [9.17, 15) is 19.4 Å². The van der Waals surface area contributed by atoms with Crippen LogP contribution in [-0.4, -0.2) is 73.4 Å². The first kappa shape index (κ1) is 44.0. The molecule has 0 aromatic heterocycles. The highest BCUT2D eigenvalue weighted by Gasteiger charge is 2.28. The van der Waals surface area contributed by atoms with Crippen LogP contribution < -0.4 is 5.32 Å². The SMILES string of the molecule is CCCCC/C=C/CCCC[C@@H](O)[C@H](COP(=O)(O)OCC[N+](C)(C)C)NC(=O)CCCCCCC/C=C/CCCCCCC. The molecule has 0 radical (unpaired) electrons. The van der Waals surface area contributed by atoms with E-state index in [1.807, 2.05) is 21.1 Å². The van der Waals surface area contributed by atoms with E-state index in [4.69, 9.17) is 9.05 Å². The third kappa shape index (κ3) is 31.4. The van der Waals surface area contributed by atoms with Crippen molar-refractivity contribution in [2.75, 3.05) is 40.9 Å². The van der Waals surface area contributed by atoms with Crippen LogP contribution in [0.1, 0.15) is 149 Å². The number of carbonyl (C=O) groups is 1. The first-order valence-electron chi connectivity index (χ1n) is 18.2. The first-order chi connectivity index (χ1) is 21.5. The number of quaternary nitrogens is 1. The number of rotatable bonds is 32. The van der Waals surface area contributed by atoms with Crippen LogP contribution in [0.5, 0.6) is 0 Å². The van der Waals surface area contributed by atoms with Gasteiger partial charge in [-0.1, -0.05) is 102 Å². The Morgan fingerprint density at radius 2 is 1.20 bits per heavy atom. The standard InChI is InChI=1S/C36H71N2O6P/c1-6-8-10-12-14-16-17-18-19-20-22-24-26-28-30-36(40)37-34(33-44-45(41,42)43-32-31-38(3,4)5)35(39)29-27-25-23-21-15-13-11-9-7-2/h15,17-18,21,34-35,39H,6-14,16,19-20,22-33H2,1-5H3,(H-,37,40,41,42)/p+1/b18-17+,21-15+/t34-,35+/m0/s1. The topological polar surface area (TPSA) is 105 Å². The molecule has 0 bridgehead atoms. The third-order valence-electron chi connectivity index (χ3n) is 7.92. The first-order valence-corrected chi connectivity index (χ1v) is 19.7. The molecule has 0 rings (SSSR count). The van der Waals surface area contributed by atoms with Gasteiger partial charge < -0.3 is 19.8 Å². The van der Waals surface area contributed by atoms with Crippen LogP contribution in [0.3, 0.4) is 0 Å². The van der Waals surface area contributed by atoms with Crippen LogP contribution in [-0.2, 0) is 18.4 Å². The molecule has 45 heavy (non-hydrogen) atoms. The molecule has 8 nitrogen and oxygen atoms in total. The van der Waals surface area contributed by atoms with E-state index in [1.54, 1.807) is 0 Å². The fourth-order valence-corrected chi connectivity index (χ4v) is 5.65. The molecule has 0 aliphatic rings. The maximum Gasteiger partial charge on any atom is 0.472 e. The van der Waals surface area contributed by atoms with Gasteiger partial charge in [0, 0.05) is 6.42 Å². The molecule has 3 N–H and O–H groups in total. The van der Waals surface area contributed by atoms with Gasteiger partial charge in [-0.3, -0.25) is 13.8 Å². The summed E-state index contributed by atoms with van der Waals surface area (Å²) < 4.78 is 23.4. The van der Waals surface area contributed by atoms with E-state index in [0.29, 0.717) is 23.9 Å². The quantitative estimate of drug-likeness (QED) is 0.0288. The molecule has 0 aliphatic carbocycles. The minimum atomic E-state index is -4.31. The molecule has 1 unspecified atom stereocenters. The Morgan fingerprint density at radius 1 is 0.733 bits per heavy atom. The largest absolute Gasteiger partial charge is 0.472 e. The van der Waals surface area contributed by atoms with Crippen molar-refractivity contribution in [1.82, 2.24) is 5.32 Å². The number of unbranched alkanes of at least 4 members (excludes halogenated alkanes) is 15. The molecule has 0 saturated carbocycles. The maximum absolute atomic E-state index is 12.7. The predicted octanol–water partition coefficient (Wildman–Crippen LogP) is 9.02. The van der Waals surface area contributed by atoms with E-state index in [0.717, 1.165) is 57.8 Å². The summed E-state index contributed by atoms with van der Waals surface area (Å²) >= 11 is 0. The number of nitrogens with one attached hydrogen (secondary N) is 1. The zero-order chi connectivity index (χ0) is 33.7. The predicted molar refractivity (Wildman–Crippen MR) is 189 cm³/mol. The minimum Gasteiger partial charge on any atom is -0.391 e. The Bertz CT molecular complexity index is 799. The number of aliphatic hydroxyl groups excluding tert-OH is 1. The van der Waals surface area contributed by atoms with E-state index < -0.39 is 20.0 Å². The minimum absolute atomic E-state index is 0.0677. The molecule has 0 heterocycles. The summed E-state index contributed by atoms with van der Waals surface area (Å²) in [5, 5.41) is 13.8. The molecule has 0 spiro atoms. The number of phosphoric ester groups is 1. The van der Waals surface area contributed by atoms with Crippen molar-refractivity contribution < 1.29 is 32.9 Å². The van der Waals surface area contributed by atoms with Gasteiger partial charge in [0.15, 0.2) is 0 Å². The van der Waals surface area contributed by atoms with Gasteiger partial charge in [0.2, 0.25) is 5.91 Å². The number of likely N-dealkylation sites (N-methyl/N-ethyl adjacent to an activating group) is 1. The average Bonchev–Trinajstić information content (AvgIpc) is 2.97. The number of nitrogens with zero attached hydrogens (tertiary/aromatic N) is 1. The van der Waals surface area contributed by atoms with E-state index >= 15 is 0 Å². The Balaban J connectivity index is 4.51. The summed E-state index contributed by atoms with van der Waals surface area (Å²) in [5.41, 5.74) is 0. The highest BCUT2D eigenvalue weighted by atomic mass is 31.2. The van der Waals surface area contributed by atoms with Crippen LogP contribution >= 0.6 is 7.82 Å². The Morgan fingerprint density at radius 3 is 1.76 bits per heavy atom. The summed E-state index contributed by atoms with van der Waals surface area (Å²) in [7, 11) is 1.59. The van der Waals surface area contributed by atoms with Crippen LogP contribution in [0.15, 0.2) is 24.3 Å². The molecule has 266 valence electrons. The molecule has 0 fully saturated rings. The molecule has 0 aliphatic heterocycles. The summed E-state index contributed by atoms with van der Waals surface area (Å²) in [6.07, 6.45) is 30.6. The highest BCUT2D eigenvalue weighted by Crippen LogP contribution is 2.43. The molecule has 0 aromatic carbocycles. The third-order valence-corrected chi connectivity index (χ3v) is 8.91. The Labute approximate surface area is 277 Å². The summed E-state index contributed by atoms with van der Waals surface area (Å²) in [6.45, 7) is 4.77. The number of phosphoric acid groups is 1. The number of carbonyl (C=O) groups excluding carboxylic acids is 1. The van der Waals surface area contributed by atoms with E-state index in [2.05, 4.69) is 43.5 Å². The molecule has 3 atom stereocenters. The van der Waals surface area contributed by atoms with Gasteiger partial charge in [-0.25, -0.2) is 4.57 Å². The van der Waals surface area contributed by atoms with Crippen LogP contribution in [0.4, 0.5) is 0 Å². The van der Waals surface area contributed by atoms with Gasteiger partial charge in [0.25, 0.3) is 0 Å². The molecular formula is C36H72N2O6P+. The zero-order valence-corrected chi connectivity index (χ0v) is 30.8. The van der Waals surface area contributed by atoms with Gasteiger partial charge >= 0.3 is 7.82 Å². The van der Waals surface area contributed by atoms with Crippen molar-refractivity contribution >= 4 is 13.7 Å². The second-order valence-electron chi connectivity index (χ2n) is 13.6. The lowest BCUT2D eigenvalue weighted by Crippen LogP contribution is -2.46. The fraction of sp³-hybridized carbons (Fsp3) is 0.861. The van der Waals surface area contributed by atoms with Gasteiger partial charge in [0.1, 0.15) is 13.2 Å². The molecule has 0 saturated heterocycles. The molecule has 0 aromatic rings. The van der Waals surface area contributed by atoms with Crippen LogP contribution in [0.25, 0.3) is 0 Å². The Kier molecular flexibility index (Phi) is 28.5. The van der Waals surface area contributed by atoms with Crippen molar-refractivity contribution in [3.8, 4) is 0 Å². The summed E-state index contributed by atoms with van der Waals surface area (Å²) in [4.78, 5) is 22.9. The van der Waals surface area contributed by atoms with Crippen LogP contribution in [0, 0.1) is 0 Å². The summed E-state index contributed by atoms with van der Waals surface area (Å²) in [5.74, 6) is -0.168. The number of hydrogen-bond acceptors (Lipinski definition) is 5. The molecule has 1 amide bonds. The normalized spacial score (nSPS) is 15.1. The van der Waals surface area contributed by atoms with Crippen molar-refractivity contribution in [2.45, 2.75) is 161 Å². The lowest BCUT2D eigenvalue weighted by atomic mass is 10.0. The van der Waals surface area contributed by atoms with Crippen LogP contribution in [0.2, 0.25) is 0 Å². The highest BCUT2D eigenvalue weighted by molar-refractivity contribution is 7.47. The van der Waals surface area contributed by atoms with Crippen molar-refractivity contribution in [2.24, 2.45) is 0 Å². The maximum atomic E-state index is 12.7. The molecule has 9 heteroatoms.